The molecule has 0 aliphatic carbocycles. The minimum Gasteiger partial charge on any atom is -0.391 e. The first kappa shape index (κ1) is 11.2. The van der Waals surface area contributed by atoms with E-state index in [1.54, 1.807) is 0 Å². The number of ether oxygens (including phenoxy) is 1. The van der Waals surface area contributed by atoms with E-state index in [1.807, 2.05) is 0 Å². The lowest BCUT2D eigenvalue weighted by molar-refractivity contribution is -0.00651. The molecule has 2 unspecified atom stereocenters. The van der Waals surface area contributed by atoms with Crippen molar-refractivity contribution in [3.63, 3.8) is 0 Å². The van der Waals surface area contributed by atoms with Crippen LogP contribution in [0, 0.1) is 5.92 Å². The average Bonchev–Trinajstić information content (AvgIpc) is 2.83. The van der Waals surface area contributed by atoms with E-state index < -0.39 is 0 Å². The zero-order chi connectivity index (χ0) is 11.7. The highest BCUT2D eigenvalue weighted by Gasteiger charge is 2.33. The second-order valence-corrected chi connectivity index (χ2v) is 5.00. The maximum Gasteiger partial charge on any atom is 0.0764 e. The lowest BCUT2D eigenvalue weighted by atomic mass is 9.87. The Morgan fingerprint density at radius 3 is 2.82 bits per heavy atom. The van der Waals surface area contributed by atoms with E-state index >= 15 is 0 Å². The van der Waals surface area contributed by atoms with Crippen molar-refractivity contribution in [2.45, 2.75) is 31.5 Å². The molecule has 0 amide bonds. The summed E-state index contributed by atoms with van der Waals surface area (Å²) in [5.41, 5.74) is 2.59. The molecule has 0 aromatic heterocycles. The standard InChI is InChI=1S/C14H19NO2/c16-14(10-5-7-17-8-6-10)13-12-4-2-1-3-11(12)9-15-13/h1-4,10,13-16H,5-9H2. The van der Waals surface area contributed by atoms with Gasteiger partial charge in [-0.2, -0.15) is 0 Å². The summed E-state index contributed by atoms with van der Waals surface area (Å²) in [6.07, 6.45) is 1.66. The molecule has 0 saturated carbocycles. The van der Waals surface area contributed by atoms with E-state index in [9.17, 15) is 5.11 Å². The topological polar surface area (TPSA) is 41.5 Å². The summed E-state index contributed by atoms with van der Waals surface area (Å²) in [5, 5.41) is 13.9. The first-order valence-electron chi connectivity index (χ1n) is 6.43. The Morgan fingerprint density at radius 1 is 1.24 bits per heavy atom. The molecule has 3 rings (SSSR count). The van der Waals surface area contributed by atoms with E-state index in [-0.39, 0.29) is 12.1 Å². The van der Waals surface area contributed by atoms with Crippen LogP contribution in [0.4, 0.5) is 0 Å². The van der Waals surface area contributed by atoms with Crippen LogP contribution in [0.15, 0.2) is 24.3 Å². The zero-order valence-electron chi connectivity index (χ0n) is 9.93. The highest BCUT2D eigenvalue weighted by molar-refractivity contribution is 5.34. The lowest BCUT2D eigenvalue weighted by Crippen LogP contribution is -2.36. The van der Waals surface area contributed by atoms with Crippen LogP contribution in [0.1, 0.15) is 30.0 Å². The summed E-state index contributed by atoms with van der Waals surface area (Å²) >= 11 is 0. The van der Waals surface area contributed by atoms with Crippen LogP contribution in [0.25, 0.3) is 0 Å². The van der Waals surface area contributed by atoms with Crippen molar-refractivity contribution in [2.24, 2.45) is 5.92 Å². The Labute approximate surface area is 102 Å². The number of rotatable bonds is 2. The van der Waals surface area contributed by atoms with Gasteiger partial charge in [0.15, 0.2) is 0 Å². The maximum atomic E-state index is 10.5. The molecule has 2 aliphatic rings. The van der Waals surface area contributed by atoms with Crippen LogP contribution in [0.5, 0.6) is 0 Å². The van der Waals surface area contributed by atoms with E-state index in [1.165, 1.54) is 11.1 Å². The third kappa shape index (κ3) is 2.10. The van der Waals surface area contributed by atoms with Crippen molar-refractivity contribution in [3.05, 3.63) is 35.4 Å². The second-order valence-electron chi connectivity index (χ2n) is 5.00. The average molecular weight is 233 g/mol. The molecule has 1 saturated heterocycles. The number of hydrogen-bond donors (Lipinski definition) is 2. The first-order valence-corrected chi connectivity index (χ1v) is 6.43. The van der Waals surface area contributed by atoms with Gasteiger partial charge in [0.1, 0.15) is 0 Å². The minimum absolute atomic E-state index is 0.106. The van der Waals surface area contributed by atoms with E-state index in [2.05, 4.69) is 29.6 Å². The largest absolute Gasteiger partial charge is 0.391 e. The number of fused-ring (bicyclic) bond motifs is 1. The molecule has 0 spiro atoms. The smallest absolute Gasteiger partial charge is 0.0764 e. The normalized spacial score (nSPS) is 26.8. The highest BCUT2D eigenvalue weighted by Crippen LogP contribution is 2.33. The third-order valence-corrected chi connectivity index (χ3v) is 3.99. The molecule has 2 atom stereocenters. The fourth-order valence-corrected chi connectivity index (χ4v) is 2.96. The van der Waals surface area contributed by atoms with Crippen molar-refractivity contribution in [1.82, 2.24) is 5.32 Å². The predicted molar refractivity (Wildman–Crippen MR) is 65.6 cm³/mol. The second kappa shape index (κ2) is 4.77. The van der Waals surface area contributed by atoms with Gasteiger partial charge in [0.25, 0.3) is 0 Å². The van der Waals surface area contributed by atoms with Crippen molar-refractivity contribution >= 4 is 0 Å². The molecular formula is C14H19NO2. The molecule has 0 bridgehead atoms. The van der Waals surface area contributed by atoms with Gasteiger partial charge in [-0.3, -0.25) is 0 Å². The summed E-state index contributed by atoms with van der Waals surface area (Å²) in [5.74, 6) is 0.368. The maximum absolute atomic E-state index is 10.5. The Bertz CT molecular complexity index is 388. The summed E-state index contributed by atoms with van der Waals surface area (Å²) in [6, 6.07) is 8.48. The molecule has 0 radical (unpaired) electrons. The summed E-state index contributed by atoms with van der Waals surface area (Å²) in [7, 11) is 0. The SMILES string of the molecule is OC(C1CCOCC1)C1NCc2ccccc21. The van der Waals surface area contributed by atoms with Crippen LogP contribution in [-0.4, -0.2) is 24.4 Å². The first-order chi connectivity index (χ1) is 8.36. The van der Waals surface area contributed by atoms with Gasteiger partial charge in [0.2, 0.25) is 0 Å². The molecule has 1 fully saturated rings. The van der Waals surface area contributed by atoms with Gasteiger partial charge in [0, 0.05) is 19.8 Å². The number of aliphatic hydroxyl groups excluding tert-OH is 1. The molecule has 17 heavy (non-hydrogen) atoms. The van der Waals surface area contributed by atoms with Crippen LogP contribution in [0.2, 0.25) is 0 Å². The Hall–Kier alpha value is -0.900. The minimum atomic E-state index is -0.289. The number of aliphatic hydroxyl groups is 1. The molecule has 2 heterocycles. The number of benzene rings is 1. The molecule has 92 valence electrons. The molecule has 2 aliphatic heterocycles. The monoisotopic (exact) mass is 233 g/mol. The van der Waals surface area contributed by atoms with Gasteiger partial charge in [-0.1, -0.05) is 24.3 Å². The Kier molecular flexibility index (Phi) is 3.14. The number of nitrogens with one attached hydrogen (secondary N) is 1. The molecule has 3 heteroatoms. The summed E-state index contributed by atoms with van der Waals surface area (Å²) in [4.78, 5) is 0. The zero-order valence-corrected chi connectivity index (χ0v) is 9.93. The van der Waals surface area contributed by atoms with Gasteiger partial charge in [-0.15, -0.1) is 0 Å². The van der Waals surface area contributed by atoms with Crippen molar-refractivity contribution in [3.8, 4) is 0 Å². The summed E-state index contributed by atoms with van der Waals surface area (Å²) in [6.45, 7) is 2.45. The van der Waals surface area contributed by atoms with E-state index in [0.717, 1.165) is 32.6 Å². The predicted octanol–water partition coefficient (Wildman–Crippen LogP) is 1.62. The fourth-order valence-electron chi connectivity index (χ4n) is 2.96. The van der Waals surface area contributed by atoms with Gasteiger partial charge in [-0.05, 0) is 29.9 Å². The van der Waals surface area contributed by atoms with Gasteiger partial charge < -0.3 is 15.2 Å². The quantitative estimate of drug-likeness (QED) is 0.815. The van der Waals surface area contributed by atoms with E-state index in [4.69, 9.17) is 4.74 Å². The highest BCUT2D eigenvalue weighted by atomic mass is 16.5. The van der Waals surface area contributed by atoms with Gasteiger partial charge >= 0.3 is 0 Å². The molecular weight excluding hydrogens is 214 g/mol. The van der Waals surface area contributed by atoms with Crippen molar-refractivity contribution in [2.75, 3.05) is 13.2 Å². The van der Waals surface area contributed by atoms with Crippen molar-refractivity contribution < 1.29 is 9.84 Å². The third-order valence-electron chi connectivity index (χ3n) is 3.99. The lowest BCUT2D eigenvalue weighted by Gasteiger charge is -2.31. The van der Waals surface area contributed by atoms with Crippen LogP contribution in [-0.2, 0) is 11.3 Å². The fraction of sp³-hybridized carbons (Fsp3) is 0.571. The molecule has 3 nitrogen and oxygen atoms in total. The van der Waals surface area contributed by atoms with Crippen molar-refractivity contribution in [1.29, 1.82) is 0 Å². The van der Waals surface area contributed by atoms with E-state index in [0.29, 0.717) is 5.92 Å². The summed E-state index contributed by atoms with van der Waals surface area (Å²) < 4.78 is 5.35. The van der Waals surface area contributed by atoms with Crippen LogP contribution < -0.4 is 5.32 Å². The van der Waals surface area contributed by atoms with Gasteiger partial charge in [-0.25, -0.2) is 0 Å². The van der Waals surface area contributed by atoms with Crippen LogP contribution >= 0.6 is 0 Å². The molecule has 1 aromatic rings. The Balaban J connectivity index is 1.76. The van der Waals surface area contributed by atoms with Gasteiger partial charge in [0.05, 0.1) is 12.1 Å². The Morgan fingerprint density at radius 2 is 2.00 bits per heavy atom. The molecule has 1 aromatic carbocycles. The number of hydrogen-bond acceptors (Lipinski definition) is 3. The molecule has 2 N–H and O–H groups in total. The van der Waals surface area contributed by atoms with Crippen LogP contribution in [0.3, 0.4) is 0 Å².